The maximum Gasteiger partial charge on any atom is 0.409 e. The third-order valence-electron chi connectivity index (χ3n) is 1.35. The van der Waals surface area contributed by atoms with Crippen molar-refractivity contribution < 1.29 is 9.53 Å². The SMILES string of the molecule is Cc1cc(OC(N)=O)ccc1Br. The van der Waals surface area contributed by atoms with E-state index in [0.29, 0.717) is 5.75 Å². The van der Waals surface area contributed by atoms with Crippen LogP contribution in [0.1, 0.15) is 5.56 Å². The Morgan fingerprint density at radius 1 is 1.58 bits per heavy atom. The Kier molecular flexibility index (Phi) is 2.70. The number of rotatable bonds is 1. The molecule has 0 bridgehead atoms. The van der Waals surface area contributed by atoms with Gasteiger partial charge >= 0.3 is 6.09 Å². The number of ether oxygens (including phenoxy) is 1. The van der Waals surface area contributed by atoms with Gasteiger partial charge in [0.15, 0.2) is 0 Å². The lowest BCUT2D eigenvalue weighted by Crippen LogP contribution is -2.16. The summed E-state index contributed by atoms with van der Waals surface area (Å²) in [6, 6.07) is 5.20. The number of nitrogens with two attached hydrogens (primary N) is 1. The van der Waals surface area contributed by atoms with E-state index in [1.54, 1.807) is 18.2 Å². The molecule has 4 heteroatoms. The van der Waals surface area contributed by atoms with Crippen molar-refractivity contribution in [3.8, 4) is 5.75 Å². The quantitative estimate of drug-likeness (QED) is 0.803. The average molecular weight is 230 g/mol. The Balaban J connectivity index is 2.89. The summed E-state index contributed by atoms with van der Waals surface area (Å²) in [5, 5.41) is 0. The first kappa shape index (κ1) is 9.06. The second-order valence-corrected chi connectivity index (χ2v) is 3.19. The second kappa shape index (κ2) is 3.58. The zero-order chi connectivity index (χ0) is 9.14. The van der Waals surface area contributed by atoms with Crippen LogP contribution >= 0.6 is 15.9 Å². The normalized spacial score (nSPS) is 9.50. The third kappa shape index (κ3) is 2.23. The topological polar surface area (TPSA) is 52.3 Å². The number of benzene rings is 1. The fourth-order valence-electron chi connectivity index (χ4n) is 0.797. The van der Waals surface area contributed by atoms with E-state index >= 15 is 0 Å². The summed E-state index contributed by atoms with van der Waals surface area (Å²) in [6.07, 6.45) is -0.795. The van der Waals surface area contributed by atoms with Crippen LogP contribution in [0.2, 0.25) is 0 Å². The predicted molar refractivity (Wildman–Crippen MR) is 49.1 cm³/mol. The Morgan fingerprint density at radius 2 is 2.25 bits per heavy atom. The molecule has 0 radical (unpaired) electrons. The number of aryl methyl sites for hydroxylation is 1. The highest BCUT2D eigenvalue weighted by Gasteiger charge is 2.00. The maximum atomic E-state index is 10.4. The zero-order valence-electron chi connectivity index (χ0n) is 6.50. The molecule has 64 valence electrons. The lowest BCUT2D eigenvalue weighted by molar-refractivity contribution is 0.211. The van der Waals surface area contributed by atoms with Crippen molar-refractivity contribution in [2.45, 2.75) is 6.92 Å². The number of carbonyl (C=O) groups is 1. The fourth-order valence-corrected chi connectivity index (χ4v) is 1.04. The molecule has 0 spiro atoms. The molecule has 0 saturated carbocycles. The summed E-state index contributed by atoms with van der Waals surface area (Å²) in [5.41, 5.74) is 5.83. The number of halogens is 1. The van der Waals surface area contributed by atoms with Crippen molar-refractivity contribution in [2.24, 2.45) is 5.73 Å². The molecule has 0 aliphatic heterocycles. The van der Waals surface area contributed by atoms with Gasteiger partial charge in [-0.3, -0.25) is 0 Å². The average Bonchev–Trinajstić information content (AvgIpc) is 1.96. The summed E-state index contributed by atoms with van der Waals surface area (Å²) in [6.45, 7) is 1.90. The minimum Gasteiger partial charge on any atom is -0.410 e. The summed E-state index contributed by atoms with van der Waals surface area (Å²) < 4.78 is 5.64. The van der Waals surface area contributed by atoms with E-state index in [1.807, 2.05) is 6.92 Å². The van der Waals surface area contributed by atoms with Gasteiger partial charge in [0.1, 0.15) is 5.75 Å². The van der Waals surface area contributed by atoms with Gasteiger partial charge in [0.05, 0.1) is 0 Å². The second-order valence-electron chi connectivity index (χ2n) is 2.33. The largest absolute Gasteiger partial charge is 0.410 e. The van der Waals surface area contributed by atoms with E-state index in [-0.39, 0.29) is 0 Å². The summed E-state index contributed by atoms with van der Waals surface area (Å²) in [5.74, 6) is 0.461. The molecule has 0 atom stereocenters. The number of hydrogen-bond donors (Lipinski definition) is 1. The van der Waals surface area contributed by atoms with Crippen LogP contribution in [0.25, 0.3) is 0 Å². The van der Waals surface area contributed by atoms with E-state index < -0.39 is 6.09 Å². The molecule has 0 aliphatic rings. The number of primary amides is 1. The van der Waals surface area contributed by atoms with E-state index in [1.165, 1.54) is 0 Å². The van der Waals surface area contributed by atoms with Crippen LogP contribution in [0, 0.1) is 6.92 Å². The highest BCUT2D eigenvalue weighted by atomic mass is 79.9. The Labute approximate surface area is 78.6 Å². The number of amides is 1. The molecule has 1 rings (SSSR count). The van der Waals surface area contributed by atoms with Gasteiger partial charge in [0.2, 0.25) is 0 Å². The molecule has 3 nitrogen and oxygen atoms in total. The first-order valence-corrected chi connectivity index (χ1v) is 4.12. The molecule has 1 aromatic rings. The van der Waals surface area contributed by atoms with Crippen LogP contribution in [0.15, 0.2) is 22.7 Å². The molecule has 0 unspecified atom stereocenters. The first-order valence-electron chi connectivity index (χ1n) is 3.33. The van der Waals surface area contributed by atoms with Gasteiger partial charge in [-0.05, 0) is 30.7 Å². The molecule has 1 aromatic carbocycles. The van der Waals surface area contributed by atoms with E-state index in [4.69, 9.17) is 5.73 Å². The van der Waals surface area contributed by atoms with Crippen molar-refractivity contribution in [3.05, 3.63) is 28.2 Å². The number of hydrogen-bond acceptors (Lipinski definition) is 2. The van der Waals surface area contributed by atoms with Crippen LogP contribution < -0.4 is 10.5 Å². The van der Waals surface area contributed by atoms with Gasteiger partial charge in [-0.25, -0.2) is 4.79 Å². The molecule has 1 amide bonds. The minimum absolute atomic E-state index is 0.461. The molecule has 0 aromatic heterocycles. The van der Waals surface area contributed by atoms with Gasteiger partial charge < -0.3 is 10.5 Å². The van der Waals surface area contributed by atoms with Gasteiger partial charge in [0.25, 0.3) is 0 Å². The maximum absolute atomic E-state index is 10.4. The Hall–Kier alpha value is -1.03. The van der Waals surface area contributed by atoms with E-state index in [2.05, 4.69) is 20.7 Å². The molecule has 0 heterocycles. The molecular weight excluding hydrogens is 222 g/mol. The summed E-state index contributed by atoms with van der Waals surface area (Å²) >= 11 is 3.32. The zero-order valence-corrected chi connectivity index (χ0v) is 8.09. The predicted octanol–water partition coefficient (Wildman–Crippen LogP) is 2.22. The molecule has 0 fully saturated rings. The van der Waals surface area contributed by atoms with Gasteiger partial charge in [-0.1, -0.05) is 15.9 Å². The molecule has 12 heavy (non-hydrogen) atoms. The smallest absolute Gasteiger partial charge is 0.409 e. The van der Waals surface area contributed by atoms with Gasteiger partial charge in [-0.2, -0.15) is 0 Å². The van der Waals surface area contributed by atoms with Crippen molar-refractivity contribution in [1.29, 1.82) is 0 Å². The molecule has 2 N–H and O–H groups in total. The van der Waals surface area contributed by atoms with Crippen LogP contribution in [-0.4, -0.2) is 6.09 Å². The monoisotopic (exact) mass is 229 g/mol. The van der Waals surface area contributed by atoms with Crippen molar-refractivity contribution in [1.82, 2.24) is 0 Å². The fraction of sp³-hybridized carbons (Fsp3) is 0.125. The lowest BCUT2D eigenvalue weighted by Gasteiger charge is -2.02. The van der Waals surface area contributed by atoms with E-state index in [9.17, 15) is 4.79 Å². The van der Waals surface area contributed by atoms with Crippen molar-refractivity contribution in [3.63, 3.8) is 0 Å². The lowest BCUT2D eigenvalue weighted by atomic mass is 10.2. The Morgan fingerprint density at radius 3 is 2.75 bits per heavy atom. The minimum atomic E-state index is -0.795. The molecule has 0 saturated heterocycles. The summed E-state index contributed by atoms with van der Waals surface area (Å²) in [4.78, 5) is 10.4. The van der Waals surface area contributed by atoms with Crippen molar-refractivity contribution in [2.75, 3.05) is 0 Å². The van der Waals surface area contributed by atoms with Crippen LogP contribution in [0.3, 0.4) is 0 Å². The van der Waals surface area contributed by atoms with Crippen LogP contribution in [0.5, 0.6) is 5.75 Å². The highest BCUT2D eigenvalue weighted by Crippen LogP contribution is 2.21. The summed E-state index contributed by atoms with van der Waals surface area (Å²) in [7, 11) is 0. The third-order valence-corrected chi connectivity index (χ3v) is 2.24. The van der Waals surface area contributed by atoms with Crippen LogP contribution in [-0.2, 0) is 0 Å². The van der Waals surface area contributed by atoms with Gasteiger partial charge in [-0.15, -0.1) is 0 Å². The van der Waals surface area contributed by atoms with Crippen LogP contribution in [0.4, 0.5) is 4.79 Å². The first-order chi connectivity index (χ1) is 5.59. The molecule has 0 aliphatic carbocycles. The standard InChI is InChI=1S/C8H8BrNO2/c1-5-4-6(12-8(10)11)2-3-7(5)9/h2-4H,1H3,(H2,10,11). The van der Waals surface area contributed by atoms with E-state index in [0.717, 1.165) is 10.0 Å². The molecular formula is C8H8BrNO2. The highest BCUT2D eigenvalue weighted by molar-refractivity contribution is 9.10. The number of carbonyl (C=O) groups excluding carboxylic acids is 1. The van der Waals surface area contributed by atoms with Gasteiger partial charge in [0, 0.05) is 4.47 Å². The van der Waals surface area contributed by atoms with Crippen molar-refractivity contribution >= 4 is 22.0 Å². The Bertz CT molecular complexity index is 312.